The van der Waals surface area contributed by atoms with Crippen LogP contribution in [0.25, 0.3) is 0 Å². The average Bonchev–Trinajstić information content (AvgIpc) is 2.19. The molecule has 0 aliphatic rings. The molecular weight excluding hydrogens is 166 g/mol. The Morgan fingerprint density at radius 3 is 2.23 bits per heavy atom. The van der Waals surface area contributed by atoms with Crippen molar-refractivity contribution < 1.29 is 9.90 Å². The van der Waals surface area contributed by atoms with Crippen LogP contribution in [-0.4, -0.2) is 17.4 Å². The number of nitrogens with two attached hydrogens (primary N) is 1. The maximum Gasteiger partial charge on any atom is 0.150 e. The molecule has 3 nitrogen and oxygen atoms in total. The lowest BCUT2D eigenvalue weighted by molar-refractivity contribution is -0.117. The highest BCUT2D eigenvalue weighted by molar-refractivity contribution is 5.82. The Bertz CT molecular complexity index is 279. The van der Waals surface area contributed by atoms with Gasteiger partial charge in [-0.05, 0) is 11.1 Å². The van der Waals surface area contributed by atoms with Crippen molar-refractivity contribution in [1.29, 1.82) is 0 Å². The summed E-state index contributed by atoms with van der Waals surface area (Å²) in [5.74, 6) is 0.0248. The Kier molecular flexibility index (Phi) is 3.61. The molecule has 0 bridgehead atoms. The van der Waals surface area contributed by atoms with E-state index < -0.39 is 0 Å². The largest absolute Gasteiger partial charge is 0.392 e. The van der Waals surface area contributed by atoms with Gasteiger partial charge >= 0.3 is 0 Å². The quantitative estimate of drug-likeness (QED) is 0.696. The fraction of sp³-hybridized carbons (Fsp3) is 0.300. The van der Waals surface area contributed by atoms with Crippen LogP contribution in [0.5, 0.6) is 0 Å². The van der Waals surface area contributed by atoms with E-state index in [1.807, 2.05) is 12.1 Å². The Hall–Kier alpha value is -1.19. The van der Waals surface area contributed by atoms with Crippen molar-refractivity contribution in [2.24, 2.45) is 5.73 Å². The number of ketones is 1. The molecule has 13 heavy (non-hydrogen) atoms. The van der Waals surface area contributed by atoms with Gasteiger partial charge in [-0.2, -0.15) is 0 Å². The number of Topliss-reactive ketones (excluding diaryl/α,β-unsaturated/α-hetero) is 1. The predicted octanol–water partition coefficient (Wildman–Crippen LogP) is 0.249. The fourth-order valence-electron chi connectivity index (χ4n) is 1.06. The third kappa shape index (κ3) is 2.97. The van der Waals surface area contributed by atoms with E-state index in [9.17, 15) is 4.79 Å². The molecule has 0 saturated carbocycles. The molecule has 0 aliphatic heterocycles. The zero-order valence-electron chi connectivity index (χ0n) is 7.36. The van der Waals surface area contributed by atoms with Crippen LogP contribution in [-0.2, 0) is 17.8 Å². The summed E-state index contributed by atoms with van der Waals surface area (Å²) < 4.78 is 0. The second-order valence-corrected chi connectivity index (χ2v) is 2.89. The summed E-state index contributed by atoms with van der Waals surface area (Å²) in [7, 11) is 0. The van der Waals surface area contributed by atoms with E-state index in [0.29, 0.717) is 6.42 Å². The van der Waals surface area contributed by atoms with Crippen molar-refractivity contribution in [1.82, 2.24) is 0 Å². The zero-order chi connectivity index (χ0) is 9.68. The van der Waals surface area contributed by atoms with Gasteiger partial charge in [0.15, 0.2) is 5.78 Å². The van der Waals surface area contributed by atoms with Gasteiger partial charge < -0.3 is 10.8 Å². The Labute approximate surface area is 77.2 Å². The molecule has 0 saturated heterocycles. The van der Waals surface area contributed by atoms with Crippen LogP contribution in [0.3, 0.4) is 0 Å². The average molecular weight is 179 g/mol. The number of benzene rings is 1. The Morgan fingerprint density at radius 2 is 1.77 bits per heavy atom. The van der Waals surface area contributed by atoms with Crippen molar-refractivity contribution in [2.45, 2.75) is 13.0 Å². The van der Waals surface area contributed by atoms with Gasteiger partial charge in [0.25, 0.3) is 0 Å². The molecule has 0 unspecified atom stereocenters. The molecule has 0 radical (unpaired) electrons. The minimum Gasteiger partial charge on any atom is -0.392 e. The van der Waals surface area contributed by atoms with Gasteiger partial charge in [-0.1, -0.05) is 24.3 Å². The van der Waals surface area contributed by atoms with E-state index >= 15 is 0 Å². The Balaban J connectivity index is 2.64. The number of hydrogen-bond acceptors (Lipinski definition) is 3. The molecule has 0 fully saturated rings. The molecular formula is C10H13NO2. The summed E-state index contributed by atoms with van der Waals surface area (Å²) in [6.07, 6.45) is 0.377. The SMILES string of the molecule is NCC(=O)Cc1ccc(CO)cc1. The smallest absolute Gasteiger partial charge is 0.150 e. The van der Waals surface area contributed by atoms with E-state index in [-0.39, 0.29) is 18.9 Å². The minimum absolute atomic E-state index is 0.0248. The highest BCUT2D eigenvalue weighted by Crippen LogP contribution is 2.05. The molecule has 1 aromatic carbocycles. The number of aliphatic hydroxyl groups excluding tert-OH is 1. The van der Waals surface area contributed by atoms with Gasteiger partial charge in [0.2, 0.25) is 0 Å². The maximum absolute atomic E-state index is 11.0. The molecule has 1 rings (SSSR count). The monoisotopic (exact) mass is 179 g/mol. The van der Waals surface area contributed by atoms with E-state index in [1.165, 1.54) is 0 Å². The lowest BCUT2D eigenvalue weighted by Gasteiger charge is -2.00. The molecule has 0 amide bonds. The lowest BCUT2D eigenvalue weighted by atomic mass is 10.1. The van der Waals surface area contributed by atoms with E-state index in [4.69, 9.17) is 10.8 Å². The van der Waals surface area contributed by atoms with Gasteiger partial charge in [0.05, 0.1) is 13.2 Å². The fourth-order valence-corrected chi connectivity index (χ4v) is 1.06. The normalized spacial score (nSPS) is 10.0. The summed E-state index contributed by atoms with van der Waals surface area (Å²) >= 11 is 0. The Morgan fingerprint density at radius 1 is 1.23 bits per heavy atom. The van der Waals surface area contributed by atoms with Crippen molar-refractivity contribution >= 4 is 5.78 Å². The molecule has 0 atom stereocenters. The third-order valence-electron chi connectivity index (χ3n) is 1.83. The van der Waals surface area contributed by atoms with Crippen LogP contribution in [0.1, 0.15) is 11.1 Å². The van der Waals surface area contributed by atoms with Crippen molar-refractivity contribution in [3.8, 4) is 0 Å². The number of carbonyl (C=O) groups is 1. The first-order valence-electron chi connectivity index (χ1n) is 4.16. The van der Waals surface area contributed by atoms with Crippen LogP contribution in [0.15, 0.2) is 24.3 Å². The van der Waals surface area contributed by atoms with Gasteiger partial charge in [-0.3, -0.25) is 4.79 Å². The molecule has 1 aromatic rings. The lowest BCUT2D eigenvalue weighted by Crippen LogP contribution is -2.15. The first-order valence-corrected chi connectivity index (χ1v) is 4.16. The number of aliphatic hydroxyl groups is 1. The molecule has 0 spiro atoms. The maximum atomic E-state index is 11.0. The second kappa shape index (κ2) is 4.74. The highest BCUT2D eigenvalue weighted by Gasteiger charge is 2.00. The van der Waals surface area contributed by atoms with Crippen molar-refractivity contribution in [3.05, 3.63) is 35.4 Å². The first kappa shape index (κ1) is 9.89. The molecule has 3 heteroatoms. The minimum atomic E-state index is 0.0248. The van der Waals surface area contributed by atoms with Crippen LogP contribution in [0.4, 0.5) is 0 Å². The molecule has 3 N–H and O–H groups in total. The van der Waals surface area contributed by atoms with Gasteiger partial charge in [-0.15, -0.1) is 0 Å². The summed E-state index contributed by atoms with van der Waals surface area (Å²) in [4.78, 5) is 11.0. The van der Waals surface area contributed by atoms with Crippen molar-refractivity contribution in [3.63, 3.8) is 0 Å². The number of rotatable bonds is 4. The van der Waals surface area contributed by atoms with Gasteiger partial charge in [-0.25, -0.2) is 0 Å². The summed E-state index contributed by atoms with van der Waals surface area (Å²) in [5, 5.41) is 8.77. The van der Waals surface area contributed by atoms with Crippen molar-refractivity contribution in [2.75, 3.05) is 6.54 Å². The van der Waals surface area contributed by atoms with E-state index in [0.717, 1.165) is 11.1 Å². The standard InChI is InChI=1S/C10H13NO2/c11-6-10(13)5-8-1-3-9(7-12)4-2-8/h1-4,12H,5-7,11H2. The zero-order valence-corrected chi connectivity index (χ0v) is 7.36. The highest BCUT2D eigenvalue weighted by atomic mass is 16.3. The topological polar surface area (TPSA) is 63.3 Å². The second-order valence-electron chi connectivity index (χ2n) is 2.89. The summed E-state index contributed by atoms with van der Waals surface area (Å²) in [6.45, 7) is 0.118. The van der Waals surface area contributed by atoms with Crippen LogP contribution >= 0.6 is 0 Å². The molecule has 0 heterocycles. The summed E-state index contributed by atoms with van der Waals surface area (Å²) in [6, 6.07) is 7.27. The first-order chi connectivity index (χ1) is 6.26. The van der Waals surface area contributed by atoms with Crippen LogP contribution < -0.4 is 5.73 Å². The summed E-state index contributed by atoms with van der Waals surface area (Å²) in [5.41, 5.74) is 6.97. The number of carbonyl (C=O) groups excluding carboxylic acids is 1. The number of hydrogen-bond donors (Lipinski definition) is 2. The predicted molar refractivity (Wildman–Crippen MR) is 50.1 cm³/mol. The van der Waals surface area contributed by atoms with Crippen LogP contribution in [0.2, 0.25) is 0 Å². The molecule has 70 valence electrons. The molecule has 0 aliphatic carbocycles. The van der Waals surface area contributed by atoms with Gasteiger partial charge in [0, 0.05) is 6.42 Å². The van der Waals surface area contributed by atoms with E-state index in [1.54, 1.807) is 12.1 Å². The van der Waals surface area contributed by atoms with Crippen LogP contribution in [0, 0.1) is 0 Å². The van der Waals surface area contributed by atoms with Gasteiger partial charge in [0.1, 0.15) is 0 Å². The third-order valence-corrected chi connectivity index (χ3v) is 1.83. The van der Waals surface area contributed by atoms with E-state index in [2.05, 4.69) is 0 Å². The molecule has 0 aromatic heterocycles.